The molecule has 0 atom stereocenters. The van der Waals surface area contributed by atoms with E-state index in [-0.39, 0.29) is 0 Å². The van der Waals surface area contributed by atoms with E-state index in [2.05, 4.69) is 187 Å². The highest BCUT2D eigenvalue weighted by Gasteiger charge is 2.30. The fourth-order valence-corrected chi connectivity index (χ4v) is 10.0. The summed E-state index contributed by atoms with van der Waals surface area (Å²) in [7, 11) is 0. The van der Waals surface area contributed by atoms with Gasteiger partial charge >= 0.3 is 0 Å². The molecule has 0 bridgehead atoms. The van der Waals surface area contributed by atoms with Crippen molar-refractivity contribution in [2.75, 3.05) is 9.80 Å². The van der Waals surface area contributed by atoms with Crippen LogP contribution in [0.4, 0.5) is 34.1 Å². The van der Waals surface area contributed by atoms with Crippen LogP contribution in [0.3, 0.4) is 0 Å². The third-order valence-electron chi connectivity index (χ3n) is 12.8. The highest BCUT2D eigenvalue weighted by molar-refractivity contribution is 6.13. The van der Waals surface area contributed by atoms with Crippen LogP contribution >= 0.6 is 0 Å². The molecule has 2 aliphatic rings. The lowest BCUT2D eigenvalue weighted by molar-refractivity contribution is 0.477. The van der Waals surface area contributed by atoms with Crippen molar-refractivity contribution in [3.63, 3.8) is 0 Å². The number of benzene rings is 8. The minimum Gasteiger partial charge on any atom is -0.453 e. The van der Waals surface area contributed by atoms with Crippen LogP contribution in [0.5, 0.6) is 23.0 Å². The highest BCUT2D eigenvalue weighted by atomic mass is 16.5. The van der Waals surface area contributed by atoms with E-state index in [1.165, 1.54) is 10.8 Å². The summed E-state index contributed by atoms with van der Waals surface area (Å²) in [5.74, 6) is 3.23. The van der Waals surface area contributed by atoms with Crippen molar-refractivity contribution < 1.29 is 9.47 Å². The van der Waals surface area contributed by atoms with Crippen LogP contribution in [0.15, 0.2) is 207 Å². The molecule has 0 unspecified atom stereocenters. The van der Waals surface area contributed by atoms with Crippen LogP contribution in [-0.4, -0.2) is 19.1 Å². The summed E-state index contributed by atoms with van der Waals surface area (Å²) in [5, 5.41) is 6.82. The third kappa shape index (κ3) is 5.05. The van der Waals surface area contributed by atoms with Gasteiger partial charge in [-0.05, 0) is 120 Å². The molecule has 4 aromatic heterocycles. The molecule has 6 heterocycles. The maximum Gasteiger partial charge on any atom is 0.152 e. The summed E-state index contributed by atoms with van der Waals surface area (Å²) in [6.45, 7) is 0. The molecular formula is C56H34N6O2. The molecule has 2 aliphatic heterocycles. The van der Waals surface area contributed by atoms with Gasteiger partial charge in [0.15, 0.2) is 23.0 Å². The molecule has 8 heteroatoms. The first-order valence-electron chi connectivity index (χ1n) is 21.4. The minimum atomic E-state index is 0.806. The van der Waals surface area contributed by atoms with Crippen LogP contribution in [0.1, 0.15) is 0 Å². The van der Waals surface area contributed by atoms with E-state index in [9.17, 15) is 0 Å². The zero-order chi connectivity index (χ0) is 41.9. The molecule has 0 aliphatic carbocycles. The second kappa shape index (κ2) is 13.3. The number of nitrogens with zero attached hydrogens (tertiary/aromatic N) is 6. The van der Waals surface area contributed by atoms with Crippen LogP contribution in [0, 0.1) is 0 Å². The number of para-hydroxylation sites is 6. The van der Waals surface area contributed by atoms with Gasteiger partial charge in [0.1, 0.15) is 0 Å². The van der Waals surface area contributed by atoms with Gasteiger partial charge < -0.3 is 28.4 Å². The van der Waals surface area contributed by atoms with E-state index in [4.69, 9.17) is 9.47 Å². The first-order valence-corrected chi connectivity index (χ1v) is 21.4. The number of pyridine rings is 2. The molecular weight excluding hydrogens is 789 g/mol. The van der Waals surface area contributed by atoms with Crippen molar-refractivity contribution in [1.82, 2.24) is 19.1 Å². The van der Waals surface area contributed by atoms with Crippen LogP contribution in [0.2, 0.25) is 0 Å². The number of hydrogen-bond acceptors (Lipinski definition) is 6. The number of rotatable bonds is 4. The smallest absolute Gasteiger partial charge is 0.152 e. The molecule has 0 amide bonds. The number of aromatic nitrogens is 4. The number of hydrogen-bond donors (Lipinski definition) is 0. The van der Waals surface area contributed by atoms with Gasteiger partial charge in [0.25, 0.3) is 0 Å². The quantitative estimate of drug-likeness (QED) is 0.176. The zero-order valence-corrected chi connectivity index (χ0v) is 34.1. The second-order valence-electron chi connectivity index (χ2n) is 16.3. The second-order valence-corrected chi connectivity index (χ2v) is 16.3. The fraction of sp³-hybridized carbons (Fsp3) is 0. The molecule has 0 spiro atoms. The Labute approximate surface area is 366 Å². The van der Waals surface area contributed by atoms with Crippen LogP contribution in [0.25, 0.3) is 65.8 Å². The molecule has 0 N–H and O–H groups in total. The Bertz CT molecular complexity index is 3620. The van der Waals surface area contributed by atoms with Gasteiger partial charge in [-0.2, -0.15) is 0 Å². The molecule has 0 fully saturated rings. The van der Waals surface area contributed by atoms with Gasteiger partial charge in [-0.25, -0.2) is 0 Å². The molecule has 0 saturated heterocycles. The molecule has 0 radical (unpaired) electrons. The van der Waals surface area contributed by atoms with E-state index in [0.29, 0.717) is 0 Å². The predicted molar refractivity (Wildman–Crippen MR) is 258 cm³/mol. The molecule has 12 aromatic rings. The lowest BCUT2D eigenvalue weighted by atomic mass is 10.0. The van der Waals surface area contributed by atoms with Gasteiger partial charge in [0, 0.05) is 69.1 Å². The average Bonchev–Trinajstić information content (AvgIpc) is 3.85. The summed E-state index contributed by atoms with van der Waals surface area (Å²) in [5.41, 5.74) is 12.5. The summed E-state index contributed by atoms with van der Waals surface area (Å²) in [6, 6.07) is 64.3. The maximum atomic E-state index is 6.72. The monoisotopic (exact) mass is 822 g/mol. The Morgan fingerprint density at radius 1 is 0.297 bits per heavy atom. The largest absolute Gasteiger partial charge is 0.453 e. The van der Waals surface area contributed by atoms with Crippen molar-refractivity contribution in [2.45, 2.75) is 0 Å². The van der Waals surface area contributed by atoms with Crippen molar-refractivity contribution >= 4 is 88.5 Å². The third-order valence-corrected chi connectivity index (χ3v) is 12.8. The summed E-state index contributed by atoms with van der Waals surface area (Å²) in [4.78, 5) is 13.3. The van der Waals surface area contributed by atoms with Crippen LogP contribution in [-0.2, 0) is 0 Å². The highest BCUT2D eigenvalue weighted by Crippen LogP contribution is 2.55. The van der Waals surface area contributed by atoms with Gasteiger partial charge in [0.2, 0.25) is 0 Å². The Balaban J connectivity index is 0.929. The summed E-state index contributed by atoms with van der Waals surface area (Å²) in [6.07, 6.45) is 7.39. The van der Waals surface area contributed by atoms with Crippen LogP contribution < -0.4 is 19.3 Å². The molecule has 64 heavy (non-hydrogen) atoms. The van der Waals surface area contributed by atoms with Gasteiger partial charge in [0.05, 0.1) is 44.8 Å². The normalized spacial score (nSPS) is 12.9. The Morgan fingerprint density at radius 2 is 0.719 bits per heavy atom. The summed E-state index contributed by atoms with van der Waals surface area (Å²) >= 11 is 0. The van der Waals surface area contributed by atoms with E-state index in [1.807, 2.05) is 49.1 Å². The predicted octanol–water partition coefficient (Wildman–Crippen LogP) is 15.0. The Kier molecular flexibility index (Phi) is 7.23. The SMILES string of the molecule is c1ccc2c(c1)Oc1cc3c4ccccc4n(-c4ccncc4)c3cc1N2c1ccc2cc(N3c4ccccc4Oc4cc5c6ccccc6n(-c6ccncc6)c5cc43)ccc2c1. The number of ether oxygens (including phenoxy) is 2. The van der Waals surface area contributed by atoms with Crippen molar-refractivity contribution in [2.24, 2.45) is 0 Å². The van der Waals surface area contributed by atoms with Gasteiger partial charge in [-0.1, -0.05) is 72.8 Å². The summed E-state index contributed by atoms with van der Waals surface area (Å²) < 4.78 is 18.1. The van der Waals surface area contributed by atoms with Crippen molar-refractivity contribution in [3.8, 4) is 34.4 Å². The molecule has 8 nitrogen and oxygen atoms in total. The lowest BCUT2D eigenvalue weighted by Crippen LogP contribution is -2.16. The molecule has 300 valence electrons. The van der Waals surface area contributed by atoms with Crippen molar-refractivity contribution in [1.29, 1.82) is 0 Å². The molecule has 14 rings (SSSR count). The van der Waals surface area contributed by atoms with E-state index >= 15 is 0 Å². The van der Waals surface area contributed by atoms with E-state index in [1.54, 1.807) is 0 Å². The van der Waals surface area contributed by atoms with E-state index < -0.39 is 0 Å². The number of anilines is 6. The lowest BCUT2D eigenvalue weighted by Gasteiger charge is -2.34. The average molecular weight is 823 g/mol. The first kappa shape index (κ1) is 34.8. The van der Waals surface area contributed by atoms with Gasteiger partial charge in [-0.15, -0.1) is 0 Å². The maximum absolute atomic E-state index is 6.72. The first-order chi connectivity index (χ1) is 31.7. The molecule has 0 saturated carbocycles. The zero-order valence-electron chi connectivity index (χ0n) is 34.1. The van der Waals surface area contributed by atoms with Crippen molar-refractivity contribution in [3.05, 3.63) is 207 Å². The standard InChI is InChI=1S/C56H34N6O2/c1-3-11-45-41(9-1)43-31-55-51(33-49(43)59(45)37-21-25-57-26-22-37)61(47-13-5-7-15-53(47)63-55)39-19-17-36-30-40(20-18-35(36)29-39)62-48-14-6-8-16-54(48)64-56-32-44-42-10-2-4-12-46(42)60(50(44)34-52(56)62)38-23-27-58-28-24-38/h1-34H. The topological polar surface area (TPSA) is 60.6 Å². The minimum absolute atomic E-state index is 0.806. The Morgan fingerprint density at radius 3 is 1.19 bits per heavy atom. The van der Waals surface area contributed by atoms with Gasteiger partial charge in [-0.3, -0.25) is 9.97 Å². The Hall–Kier alpha value is -8.88. The molecule has 8 aromatic carbocycles. The van der Waals surface area contributed by atoms with E-state index in [0.717, 1.165) is 112 Å². The fourth-order valence-electron chi connectivity index (χ4n) is 10.0. The number of fused-ring (bicyclic) bond motifs is 11.